The van der Waals surface area contributed by atoms with Gasteiger partial charge in [-0.2, -0.15) is 0 Å². The minimum atomic E-state index is -0.197. The summed E-state index contributed by atoms with van der Waals surface area (Å²) >= 11 is 0. The van der Waals surface area contributed by atoms with Gasteiger partial charge in [-0.25, -0.2) is 0 Å². The molecule has 1 rings (SSSR count). The van der Waals surface area contributed by atoms with E-state index in [4.69, 9.17) is 5.11 Å². The van der Waals surface area contributed by atoms with E-state index in [2.05, 4.69) is 18.7 Å². The van der Waals surface area contributed by atoms with Crippen molar-refractivity contribution in [1.29, 1.82) is 0 Å². The van der Waals surface area contributed by atoms with Gasteiger partial charge in [0.1, 0.15) is 0 Å². The standard InChI is InChI=1S/C11H23NO2/c1-9(2)12(7-8-13)10-5-3-4-6-11(10)14/h9-11,13-14H,3-8H2,1-2H3/t10-,11-/m1/s1. The van der Waals surface area contributed by atoms with E-state index in [0.29, 0.717) is 12.6 Å². The number of rotatable bonds is 4. The summed E-state index contributed by atoms with van der Waals surface area (Å²) in [5.41, 5.74) is 0. The highest BCUT2D eigenvalue weighted by molar-refractivity contribution is 4.84. The van der Waals surface area contributed by atoms with Crippen molar-refractivity contribution in [2.45, 2.75) is 57.7 Å². The van der Waals surface area contributed by atoms with Crippen LogP contribution in [0, 0.1) is 0 Å². The highest BCUT2D eigenvalue weighted by Crippen LogP contribution is 2.24. The maximum atomic E-state index is 9.89. The predicted molar refractivity (Wildman–Crippen MR) is 57.2 cm³/mol. The Kier molecular flexibility index (Phi) is 4.85. The van der Waals surface area contributed by atoms with Crippen molar-refractivity contribution in [2.75, 3.05) is 13.2 Å². The van der Waals surface area contributed by atoms with E-state index >= 15 is 0 Å². The molecule has 0 spiro atoms. The first-order valence-corrected chi connectivity index (χ1v) is 5.71. The fourth-order valence-electron chi connectivity index (χ4n) is 2.40. The summed E-state index contributed by atoms with van der Waals surface area (Å²) < 4.78 is 0. The largest absolute Gasteiger partial charge is 0.395 e. The highest BCUT2D eigenvalue weighted by Gasteiger charge is 2.29. The monoisotopic (exact) mass is 201 g/mol. The summed E-state index contributed by atoms with van der Waals surface area (Å²) in [7, 11) is 0. The molecule has 84 valence electrons. The van der Waals surface area contributed by atoms with E-state index in [9.17, 15) is 5.11 Å². The van der Waals surface area contributed by atoms with Crippen LogP contribution in [0.1, 0.15) is 39.5 Å². The Morgan fingerprint density at radius 3 is 2.43 bits per heavy atom. The Balaban J connectivity index is 2.55. The number of aliphatic hydroxyl groups excluding tert-OH is 2. The number of hydrogen-bond acceptors (Lipinski definition) is 3. The Morgan fingerprint density at radius 1 is 1.29 bits per heavy atom. The molecule has 0 saturated heterocycles. The number of nitrogens with zero attached hydrogens (tertiary/aromatic N) is 1. The molecule has 0 aromatic rings. The van der Waals surface area contributed by atoms with Gasteiger partial charge in [0.05, 0.1) is 12.7 Å². The van der Waals surface area contributed by atoms with Crippen LogP contribution in [-0.2, 0) is 0 Å². The molecule has 1 fully saturated rings. The molecular formula is C11H23NO2. The van der Waals surface area contributed by atoms with E-state index < -0.39 is 0 Å². The van der Waals surface area contributed by atoms with Gasteiger partial charge in [-0.1, -0.05) is 12.8 Å². The molecule has 1 aliphatic carbocycles. The summed E-state index contributed by atoms with van der Waals surface area (Å²) in [5, 5.41) is 18.9. The molecule has 0 radical (unpaired) electrons. The van der Waals surface area contributed by atoms with Gasteiger partial charge in [0.15, 0.2) is 0 Å². The van der Waals surface area contributed by atoms with Crippen LogP contribution in [-0.4, -0.2) is 46.5 Å². The van der Waals surface area contributed by atoms with E-state index in [0.717, 1.165) is 19.3 Å². The lowest BCUT2D eigenvalue weighted by Gasteiger charge is -2.39. The summed E-state index contributed by atoms with van der Waals surface area (Å²) in [5.74, 6) is 0. The van der Waals surface area contributed by atoms with Gasteiger partial charge in [-0.3, -0.25) is 4.90 Å². The molecule has 0 aliphatic heterocycles. The molecule has 0 amide bonds. The van der Waals surface area contributed by atoms with Gasteiger partial charge >= 0.3 is 0 Å². The van der Waals surface area contributed by atoms with Crippen molar-refractivity contribution in [2.24, 2.45) is 0 Å². The van der Waals surface area contributed by atoms with Crippen molar-refractivity contribution in [3.05, 3.63) is 0 Å². The van der Waals surface area contributed by atoms with Gasteiger partial charge in [-0.15, -0.1) is 0 Å². The first-order chi connectivity index (χ1) is 6.66. The highest BCUT2D eigenvalue weighted by atomic mass is 16.3. The van der Waals surface area contributed by atoms with Crippen molar-refractivity contribution in [3.63, 3.8) is 0 Å². The predicted octanol–water partition coefficient (Wildman–Crippen LogP) is 0.993. The second-order valence-corrected chi connectivity index (χ2v) is 4.47. The SMILES string of the molecule is CC(C)N(CCO)[C@@H]1CCCC[C@H]1O. The smallest absolute Gasteiger partial charge is 0.0695 e. The van der Waals surface area contributed by atoms with Crippen LogP contribution in [0.2, 0.25) is 0 Å². The lowest BCUT2D eigenvalue weighted by Crippen LogP contribution is -2.49. The Hall–Kier alpha value is -0.120. The first-order valence-electron chi connectivity index (χ1n) is 5.71. The molecule has 1 aliphatic rings. The summed E-state index contributed by atoms with van der Waals surface area (Å²) in [4.78, 5) is 2.23. The molecule has 0 unspecified atom stereocenters. The van der Waals surface area contributed by atoms with Crippen LogP contribution in [0.15, 0.2) is 0 Å². The van der Waals surface area contributed by atoms with Gasteiger partial charge in [0.2, 0.25) is 0 Å². The van der Waals surface area contributed by atoms with Crippen molar-refractivity contribution in [3.8, 4) is 0 Å². The normalized spacial score (nSPS) is 28.7. The van der Waals surface area contributed by atoms with Crippen LogP contribution in [0.5, 0.6) is 0 Å². The lowest BCUT2D eigenvalue weighted by molar-refractivity contribution is -0.00217. The van der Waals surface area contributed by atoms with Crippen molar-refractivity contribution in [1.82, 2.24) is 4.90 Å². The Bertz CT molecular complexity index is 159. The van der Waals surface area contributed by atoms with Crippen LogP contribution in [0.25, 0.3) is 0 Å². The quantitative estimate of drug-likeness (QED) is 0.713. The Labute approximate surface area is 86.7 Å². The van der Waals surface area contributed by atoms with Crippen molar-refractivity contribution < 1.29 is 10.2 Å². The average molecular weight is 201 g/mol. The second-order valence-electron chi connectivity index (χ2n) is 4.47. The summed E-state index contributed by atoms with van der Waals surface area (Å²) in [6.07, 6.45) is 4.13. The number of aliphatic hydroxyl groups is 2. The molecule has 3 heteroatoms. The molecule has 14 heavy (non-hydrogen) atoms. The third-order valence-corrected chi connectivity index (χ3v) is 3.14. The van der Waals surface area contributed by atoms with Crippen LogP contribution in [0.4, 0.5) is 0 Å². The second kappa shape index (κ2) is 5.69. The molecular weight excluding hydrogens is 178 g/mol. The van der Waals surface area contributed by atoms with Crippen LogP contribution in [0.3, 0.4) is 0 Å². The Morgan fingerprint density at radius 2 is 1.93 bits per heavy atom. The molecule has 0 heterocycles. The maximum Gasteiger partial charge on any atom is 0.0695 e. The molecule has 0 aromatic carbocycles. The lowest BCUT2D eigenvalue weighted by atomic mass is 9.90. The topological polar surface area (TPSA) is 43.7 Å². The zero-order valence-electron chi connectivity index (χ0n) is 9.32. The van der Waals surface area contributed by atoms with Gasteiger partial charge < -0.3 is 10.2 Å². The fraction of sp³-hybridized carbons (Fsp3) is 1.00. The zero-order valence-corrected chi connectivity index (χ0v) is 9.32. The number of hydrogen-bond donors (Lipinski definition) is 2. The zero-order chi connectivity index (χ0) is 10.6. The third kappa shape index (κ3) is 2.94. The van der Waals surface area contributed by atoms with Crippen LogP contribution >= 0.6 is 0 Å². The molecule has 1 saturated carbocycles. The van der Waals surface area contributed by atoms with E-state index in [1.807, 2.05) is 0 Å². The first kappa shape index (κ1) is 12.0. The van der Waals surface area contributed by atoms with Crippen molar-refractivity contribution >= 4 is 0 Å². The molecule has 3 nitrogen and oxygen atoms in total. The molecule has 0 aromatic heterocycles. The fourth-order valence-corrected chi connectivity index (χ4v) is 2.40. The minimum Gasteiger partial charge on any atom is -0.395 e. The molecule has 0 bridgehead atoms. The van der Waals surface area contributed by atoms with Gasteiger partial charge in [0, 0.05) is 18.6 Å². The van der Waals surface area contributed by atoms with Crippen LogP contribution < -0.4 is 0 Å². The minimum absolute atomic E-state index is 0.182. The van der Waals surface area contributed by atoms with E-state index in [1.165, 1.54) is 6.42 Å². The summed E-state index contributed by atoms with van der Waals surface area (Å²) in [6, 6.07) is 0.663. The van der Waals surface area contributed by atoms with Gasteiger partial charge in [-0.05, 0) is 26.7 Å². The van der Waals surface area contributed by atoms with Gasteiger partial charge in [0.25, 0.3) is 0 Å². The molecule has 2 N–H and O–H groups in total. The van der Waals surface area contributed by atoms with E-state index in [-0.39, 0.29) is 18.8 Å². The third-order valence-electron chi connectivity index (χ3n) is 3.14. The molecule has 2 atom stereocenters. The average Bonchev–Trinajstić information content (AvgIpc) is 2.15. The summed E-state index contributed by atoms with van der Waals surface area (Å²) in [6.45, 7) is 5.11. The van der Waals surface area contributed by atoms with E-state index in [1.54, 1.807) is 0 Å². The maximum absolute atomic E-state index is 9.89.